The fourth-order valence-corrected chi connectivity index (χ4v) is 3.98. The van der Waals surface area contributed by atoms with Gasteiger partial charge >= 0.3 is 0 Å². The Morgan fingerprint density at radius 3 is 2.64 bits per heavy atom. The van der Waals surface area contributed by atoms with Gasteiger partial charge in [-0.15, -0.1) is 0 Å². The Hall–Kier alpha value is -1.11. The van der Waals surface area contributed by atoms with Gasteiger partial charge in [0.15, 0.2) is 0 Å². The van der Waals surface area contributed by atoms with Crippen LogP contribution in [0.5, 0.6) is 0 Å². The highest BCUT2D eigenvalue weighted by molar-refractivity contribution is 6.41. The van der Waals surface area contributed by atoms with Crippen LogP contribution in [0.25, 0.3) is 0 Å². The van der Waals surface area contributed by atoms with Gasteiger partial charge in [0.1, 0.15) is 5.02 Å². The lowest BCUT2D eigenvalue weighted by molar-refractivity contribution is -0.139. The summed E-state index contributed by atoms with van der Waals surface area (Å²) in [6.07, 6.45) is 5.35. The minimum atomic E-state index is -0.380. The van der Waals surface area contributed by atoms with E-state index in [9.17, 15) is 9.59 Å². The van der Waals surface area contributed by atoms with E-state index in [0.717, 1.165) is 45.4 Å². The topological polar surface area (TPSA) is 58.4 Å². The van der Waals surface area contributed by atoms with Gasteiger partial charge in [0.05, 0.1) is 17.9 Å². The average molecular weight is 387 g/mol. The molecule has 3 heterocycles. The van der Waals surface area contributed by atoms with Crippen molar-refractivity contribution in [1.82, 2.24) is 19.6 Å². The summed E-state index contributed by atoms with van der Waals surface area (Å²) in [5.41, 5.74) is -0.380. The molecule has 3 rings (SSSR count). The van der Waals surface area contributed by atoms with E-state index in [-0.39, 0.29) is 21.5 Å². The molecular weight excluding hydrogens is 363 g/mol. The van der Waals surface area contributed by atoms with Crippen LogP contribution in [0.4, 0.5) is 0 Å². The van der Waals surface area contributed by atoms with Gasteiger partial charge in [0.25, 0.3) is 5.56 Å². The van der Waals surface area contributed by atoms with Crippen LogP contribution >= 0.6 is 23.2 Å². The minimum absolute atomic E-state index is 0.000878. The number of nitrogens with zero attached hydrogens (tertiary/aromatic N) is 4. The van der Waals surface area contributed by atoms with E-state index in [2.05, 4.69) is 16.9 Å². The normalized spacial score (nSPS) is 23.0. The van der Waals surface area contributed by atoms with Gasteiger partial charge in [-0.05, 0) is 31.6 Å². The molecule has 2 saturated heterocycles. The average Bonchev–Trinajstić information content (AvgIpc) is 2.62. The third-order valence-electron chi connectivity index (χ3n) is 5.18. The van der Waals surface area contributed by atoms with Crippen molar-refractivity contribution < 1.29 is 4.79 Å². The maximum absolute atomic E-state index is 12.7. The fourth-order valence-electron chi connectivity index (χ4n) is 3.70. The lowest BCUT2D eigenvalue weighted by atomic mass is 9.93. The molecule has 2 aliphatic heterocycles. The van der Waals surface area contributed by atoms with Crippen LogP contribution in [0, 0.1) is 11.8 Å². The zero-order valence-electron chi connectivity index (χ0n) is 14.5. The fraction of sp³-hybridized carbons (Fsp3) is 0.706. The Balaban J connectivity index is 1.54. The molecule has 1 amide bonds. The van der Waals surface area contributed by atoms with Crippen molar-refractivity contribution in [3.8, 4) is 0 Å². The van der Waals surface area contributed by atoms with Gasteiger partial charge in [-0.3, -0.25) is 14.5 Å². The molecule has 1 aromatic rings. The van der Waals surface area contributed by atoms with Gasteiger partial charge in [-0.25, -0.2) is 4.68 Å². The summed E-state index contributed by atoms with van der Waals surface area (Å²) in [6, 6.07) is 0. The molecule has 0 N–H and O–H groups in total. The first-order chi connectivity index (χ1) is 12.0. The van der Waals surface area contributed by atoms with Crippen LogP contribution in [0.3, 0.4) is 0 Å². The van der Waals surface area contributed by atoms with Crippen molar-refractivity contribution in [2.75, 3.05) is 26.2 Å². The van der Waals surface area contributed by atoms with Crippen LogP contribution in [0.15, 0.2) is 11.0 Å². The maximum Gasteiger partial charge on any atom is 0.288 e. The highest BCUT2D eigenvalue weighted by atomic mass is 35.5. The van der Waals surface area contributed by atoms with Gasteiger partial charge in [-0.1, -0.05) is 30.1 Å². The van der Waals surface area contributed by atoms with Crippen molar-refractivity contribution in [2.45, 2.75) is 39.3 Å². The summed E-state index contributed by atoms with van der Waals surface area (Å²) < 4.78 is 1.32. The van der Waals surface area contributed by atoms with Gasteiger partial charge < -0.3 is 4.90 Å². The number of hydrogen-bond acceptors (Lipinski definition) is 4. The Labute approximate surface area is 157 Å². The number of piperidine rings is 2. The molecule has 2 aliphatic rings. The third kappa shape index (κ3) is 4.36. The summed E-state index contributed by atoms with van der Waals surface area (Å²) in [5.74, 6) is 1.00. The second-order valence-corrected chi connectivity index (χ2v) is 7.96. The van der Waals surface area contributed by atoms with Crippen LogP contribution < -0.4 is 5.56 Å². The molecule has 0 saturated carbocycles. The number of likely N-dealkylation sites (tertiary alicyclic amines) is 2. The molecule has 0 radical (unpaired) electrons. The minimum Gasteiger partial charge on any atom is -0.342 e. The first-order valence-electron chi connectivity index (χ1n) is 8.88. The predicted molar refractivity (Wildman–Crippen MR) is 97.8 cm³/mol. The van der Waals surface area contributed by atoms with Crippen LogP contribution in [-0.2, 0) is 11.5 Å². The van der Waals surface area contributed by atoms with Crippen molar-refractivity contribution in [1.29, 1.82) is 0 Å². The van der Waals surface area contributed by atoms with Crippen LogP contribution in [-0.4, -0.2) is 51.7 Å². The van der Waals surface area contributed by atoms with Gasteiger partial charge in [0, 0.05) is 32.1 Å². The van der Waals surface area contributed by atoms with Crippen molar-refractivity contribution in [3.05, 3.63) is 26.6 Å². The predicted octanol–water partition coefficient (Wildman–Crippen LogP) is 2.48. The highest BCUT2D eigenvalue weighted by Gasteiger charge is 2.30. The Morgan fingerprint density at radius 2 is 1.96 bits per heavy atom. The smallest absolute Gasteiger partial charge is 0.288 e. The molecule has 6 nitrogen and oxygen atoms in total. The highest BCUT2D eigenvalue weighted by Crippen LogP contribution is 2.24. The van der Waals surface area contributed by atoms with Gasteiger partial charge in [-0.2, -0.15) is 5.10 Å². The van der Waals surface area contributed by atoms with Crippen molar-refractivity contribution in [3.63, 3.8) is 0 Å². The molecule has 8 heteroatoms. The first kappa shape index (κ1) is 18.7. The summed E-state index contributed by atoms with van der Waals surface area (Å²) in [5, 5.41) is 4.21. The van der Waals surface area contributed by atoms with E-state index < -0.39 is 0 Å². The van der Waals surface area contributed by atoms with Crippen molar-refractivity contribution >= 4 is 29.1 Å². The van der Waals surface area contributed by atoms with Crippen LogP contribution in [0.2, 0.25) is 10.0 Å². The quantitative estimate of drug-likeness (QED) is 0.800. The molecule has 0 unspecified atom stereocenters. The molecule has 0 aromatic carbocycles. The summed E-state index contributed by atoms with van der Waals surface area (Å²) in [7, 11) is 0. The lowest BCUT2D eigenvalue weighted by Gasteiger charge is -2.37. The number of rotatable bonds is 3. The molecule has 0 spiro atoms. The number of halogens is 2. The standard InChI is InChI=1S/C17H24Cl2N4O2/c1-12-3-2-6-22(10-12)16(24)13-4-7-21(8-5-13)11-23-17(25)15(19)14(18)9-20-23/h9,12-13H,2-8,10-11H2,1H3/t12-/m0/s1. The summed E-state index contributed by atoms with van der Waals surface area (Å²) >= 11 is 11.7. The molecule has 25 heavy (non-hydrogen) atoms. The van der Waals surface area contributed by atoms with E-state index in [1.807, 2.05) is 4.90 Å². The molecule has 0 bridgehead atoms. The molecule has 1 aromatic heterocycles. The Kier molecular flexibility index (Phi) is 6.02. The monoisotopic (exact) mass is 386 g/mol. The molecule has 2 fully saturated rings. The summed E-state index contributed by atoms with van der Waals surface area (Å²) in [6.45, 7) is 5.91. The Morgan fingerprint density at radius 1 is 1.24 bits per heavy atom. The number of hydrogen-bond donors (Lipinski definition) is 0. The zero-order chi connectivity index (χ0) is 18.0. The second kappa shape index (κ2) is 8.06. The second-order valence-electron chi connectivity index (χ2n) is 7.18. The Bertz CT molecular complexity index is 686. The summed E-state index contributed by atoms with van der Waals surface area (Å²) in [4.78, 5) is 28.9. The molecular formula is C17H24Cl2N4O2. The largest absolute Gasteiger partial charge is 0.342 e. The SMILES string of the molecule is C[C@H]1CCCN(C(=O)C2CCN(Cn3ncc(Cl)c(Cl)c3=O)CC2)C1. The molecule has 0 aliphatic carbocycles. The first-order valence-corrected chi connectivity index (χ1v) is 9.63. The van der Waals surface area contributed by atoms with E-state index in [0.29, 0.717) is 18.5 Å². The van der Waals surface area contributed by atoms with E-state index in [1.54, 1.807) is 0 Å². The van der Waals surface area contributed by atoms with E-state index in [1.165, 1.54) is 17.3 Å². The molecule has 138 valence electrons. The third-order valence-corrected chi connectivity index (χ3v) is 5.93. The van der Waals surface area contributed by atoms with E-state index in [4.69, 9.17) is 23.2 Å². The number of aromatic nitrogens is 2. The lowest BCUT2D eigenvalue weighted by Crippen LogP contribution is -2.46. The van der Waals surface area contributed by atoms with Crippen molar-refractivity contribution in [2.24, 2.45) is 11.8 Å². The number of carbonyl (C=O) groups excluding carboxylic acids is 1. The van der Waals surface area contributed by atoms with E-state index >= 15 is 0 Å². The van der Waals surface area contributed by atoms with Crippen LogP contribution in [0.1, 0.15) is 32.6 Å². The number of amides is 1. The number of carbonyl (C=O) groups is 1. The zero-order valence-corrected chi connectivity index (χ0v) is 16.0. The van der Waals surface area contributed by atoms with Gasteiger partial charge in [0.2, 0.25) is 5.91 Å². The maximum atomic E-state index is 12.7. The molecule has 1 atom stereocenters.